The van der Waals surface area contributed by atoms with Crippen molar-refractivity contribution in [3.63, 3.8) is 0 Å². The highest BCUT2D eigenvalue weighted by molar-refractivity contribution is 7.93. The number of anilines is 2. The number of hydrogen-bond acceptors (Lipinski definition) is 3. The quantitative estimate of drug-likeness (QED) is 0.476. The van der Waals surface area contributed by atoms with Gasteiger partial charge in [0.1, 0.15) is 10.7 Å². The fraction of sp³-hybridized carbons (Fsp3) is 0.136. The molecular weight excluding hydrogens is 462 g/mol. The SMILES string of the molecule is CCN(c1ccccc1)S(=O)(=O)c1cc(C(=O)Nc2cc(F)ccc2C)c(Cl)cc1Cl. The summed E-state index contributed by atoms with van der Waals surface area (Å²) in [6, 6.07) is 14.8. The molecule has 0 fully saturated rings. The zero-order valence-corrected chi connectivity index (χ0v) is 19.0. The van der Waals surface area contributed by atoms with Crippen LogP contribution in [0.25, 0.3) is 0 Å². The van der Waals surface area contributed by atoms with Gasteiger partial charge in [0.15, 0.2) is 0 Å². The molecule has 162 valence electrons. The predicted octanol–water partition coefficient (Wildman–Crippen LogP) is 5.91. The molecule has 3 rings (SSSR count). The number of nitrogens with one attached hydrogen (secondary N) is 1. The normalized spacial score (nSPS) is 11.3. The molecule has 31 heavy (non-hydrogen) atoms. The van der Waals surface area contributed by atoms with Crippen molar-refractivity contribution in [2.45, 2.75) is 18.7 Å². The van der Waals surface area contributed by atoms with Crippen LogP contribution in [0.3, 0.4) is 0 Å². The van der Waals surface area contributed by atoms with Gasteiger partial charge in [0.25, 0.3) is 15.9 Å². The summed E-state index contributed by atoms with van der Waals surface area (Å²) in [7, 11) is -4.09. The Hall–Kier alpha value is -2.61. The van der Waals surface area contributed by atoms with Crippen molar-refractivity contribution in [2.24, 2.45) is 0 Å². The first-order valence-electron chi connectivity index (χ1n) is 9.29. The van der Waals surface area contributed by atoms with E-state index in [9.17, 15) is 17.6 Å². The molecule has 0 aliphatic carbocycles. The second kappa shape index (κ2) is 9.26. The van der Waals surface area contributed by atoms with Crippen LogP contribution in [0.1, 0.15) is 22.8 Å². The minimum Gasteiger partial charge on any atom is -0.322 e. The summed E-state index contributed by atoms with van der Waals surface area (Å²) < 4.78 is 41.4. The molecule has 0 unspecified atom stereocenters. The lowest BCUT2D eigenvalue weighted by Gasteiger charge is -2.24. The lowest BCUT2D eigenvalue weighted by Crippen LogP contribution is -2.31. The lowest BCUT2D eigenvalue weighted by atomic mass is 10.1. The third-order valence-electron chi connectivity index (χ3n) is 4.61. The van der Waals surface area contributed by atoms with Gasteiger partial charge in [-0.3, -0.25) is 9.10 Å². The Kier molecular flexibility index (Phi) is 6.89. The van der Waals surface area contributed by atoms with Gasteiger partial charge < -0.3 is 5.32 Å². The van der Waals surface area contributed by atoms with E-state index >= 15 is 0 Å². The van der Waals surface area contributed by atoms with Crippen LogP contribution in [0.5, 0.6) is 0 Å². The Morgan fingerprint density at radius 1 is 1.03 bits per heavy atom. The van der Waals surface area contributed by atoms with Gasteiger partial charge in [-0.15, -0.1) is 0 Å². The largest absolute Gasteiger partial charge is 0.322 e. The van der Waals surface area contributed by atoms with Crippen LogP contribution in [0.2, 0.25) is 10.0 Å². The van der Waals surface area contributed by atoms with Crippen LogP contribution in [-0.4, -0.2) is 20.9 Å². The fourth-order valence-electron chi connectivity index (χ4n) is 3.02. The first kappa shape index (κ1) is 23.1. The summed E-state index contributed by atoms with van der Waals surface area (Å²) in [5.41, 5.74) is 1.24. The van der Waals surface area contributed by atoms with Gasteiger partial charge in [0.2, 0.25) is 0 Å². The number of para-hydroxylation sites is 1. The van der Waals surface area contributed by atoms with E-state index < -0.39 is 21.7 Å². The van der Waals surface area contributed by atoms with E-state index in [4.69, 9.17) is 23.2 Å². The number of carbonyl (C=O) groups excluding carboxylic acids is 1. The van der Waals surface area contributed by atoms with Crippen LogP contribution < -0.4 is 9.62 Å². The topological polar surface area (TPSA) is 66.5 Å². The van der Waals surface area contributed by atoms with Crippen molar-refractivity contribution in [2.75, 3.05) is 16.2 Å². The molecule has 0 bridgehead atoms. The van der Waals surface area contributed by atoms with Crippen LogP contribution >= 0.6 is 23.2 Å². The zero-order chi connectivity index (χ0) is 22.8. The maximum absolute atomic E-state index is 13.6. The smallest absolute Gasteiger partial charge is 0.265 e. The number of sulfonamides is 1. The van der Waals surface area contributed by atoms with Crippen LogP contribution in [0.15, 0.2) is 65.6 Å². The highest BCUT2D eigenvalue weighted by Gasteiger charge is 2.28. The third-order valence-corrected chi connectivity index (χ3v) is 7.29. The van der Waals surface area contributed by atoms with Crippen LogP contribution in [0.4, 0.5) is 15.8 Å². The monoisotopic (exact) mass is 480 g/mol. The number of halogens is 3. The second-order valence-corrected chi connectivity index (χ2v) is 9.33. The first-order chi connectivity index (χ1) is 14.6. The molecule has 0 saturated heterocycles. The Balaban J connectivity index is 2.04. The summed E-state index contributed by atoms with van der Waals surface area (Å²) >= 11 is 12.4. The van der Waals surface area contributed by atoms with E-state index in [1.807, 2.05) is 0 Å². The van der Waals surface area contributed by atoms with E-state index in [1.165, 1.54) is 28.6 Å². The van der Waals surface area contributed by atoms with Crippen molar-refractivity contribution in [3.8, 4) is 0 Å². The Labute approximate surface area is 190 Å². The number of hydrogen-bond donors (Lipinski definition) is 1. The number of nitrogens with zero attached hydrogens (tertiary/aromatic N) is 1. The van der Waals surface area contributed by atoms with Gasteiger partial charge in [-0.2, -0.15) is 0 Å². The Morgan fingerprint density at radius 2 is 1.71 bits per heavy atom. The number of carbonyl (C=O) groups is 1. The Morgan fingerprint density at radius 3 is 2.35 bits per heavy atom. The van der Waals surface area contributed by atoms with Crippen molar-refractivity contribution in [3.05, 3.63) is 87.7 Å². The van der Waals surface area contributed by atoms with Gasteiger partial charge >= 0.3 is 0 Å². The lowest BCUT2D eigenvalue weighted by molar-refractivity contribution is 0.102. The van der Waals surface area contributed by atoms with E-state index in [1.54, 1.807) is 44.2 Å². The summed E-state index contributed by atoms with van der Waals surface area (Å²) in [6.07, 6.45) is 0. The van der Waals surface area contributed by atoms with Crippen molar-refractivity contribution < 1.29 is 17.6 Å². The van der Waals surface area contributed by atoms with Gasteiger partial charge in [-0.1, -0.05) is 47.5 Å². The number of rotatable bonds is 6. The zero-order valence-electron chi connectivity index (χ0n) is 16.7. The van der Waals surface area contributed by atoms with E-state index in [2.05, 4.69) is 5.32 Å². The molecule has 9 heteroatoms. The number of amides is 1. The van der Waals surface area contributed by atoms with Gasteiger partial charge in [0, 0.05) is 12.2 Å². The van der Waals surface area contributed by atoms with Gasteiger partial charge in [-0.05, 0) is 55.8 Å². The van der Waals surface area contributed by atoms with Gasteiger partial charge in [0.05, 0.1) is 21.3 Å². The van der Waals surface area contributed by atoms with Crippen molar-refractivity contribution >= 4 is 50.5 Å². The first-order valence-corrected chi connectivity index (χ1v) is 11.5. The molecule has 1 amide bonds. The molecule has 0 saturated carbocycles. The van der Waals surface area contributed by atoms with Crippen molar-refractivity contribution in [1.82, 2.24) is 0 Å². The molecule has 0 aliphatic heterocycles. The molecular formula is C22H19Cl2FN2O3S. The van der Waals surface area contributed by atoms with Crippen LogP contribution in [0, 0.1) is 12.7 Å². The number of benzene rings is 3. The molecule has 0 aromatic heterocycles. The molecule has 0 spiro atoms. The average molecular weight is 481 g/mol. The highest BCUT2D eigenvalue weighted by atomic mass is 35.5. The summed E-state index contributed by atoms with van der Waals surface area (Å²) in [6.45, 7) is 3.54. The second-order valence-electron chi connectivity index (χ2n) is 6.68. The van der Waals surface area contributed by atoms with Crippen molar-refractivity contribution in [1.29, 1.82) is 0 Å². The average Bonchev–Trinajstić information content (AvgIpc) is 2.71. The third kappa shape index (κ3) is 4.84. The van der Waals surface area contributed by atoms with E-state index in [0.29, 0.717) is 11.3 Å². The standard InChI is InChI=1S/C22H19Cl2FN2O3S/c1-3-27(16-7-5-4-6-8-16)31(29,30)21-12-17(18(23)13-19(21)24)22(28)26-20-11-15(25)10-9-14(20)2/h4-13H,3H2,1-2H3,(H,26,28). The van der Waals surface area contributed by atoms with Gasteiger partial charge in [-0.25, -0.2) is 12.8 Å². The summed E-state index contributed by atoms with van der Waals surface area (Å²) in [5, 5.41) is 2.42. The highest BCUT2D eigenvalue weighted by Crippen LogP contribution is 2.33. The van der Waals surface area contributed by atoms with E-state index in [-0.39, 0.29) is 32.7 Å². The molecule has 3 aromatic rings. The molecule has 0 aliphatic rings. The maximum atomic E-state index is 13.6. The molecule has 0 radical (unpaired) electrons. The predicted molar refractivity (Wildman–Crippen MR) is 122 cm³/mol. The van der Waals surface area contributed by atoms with E-state index in [0.717, 1.165) is 6.07 Å². The minimum atomic E-state index is -4.09. The molecule has 0 heterocycles. The summed E-state index contributed by atoms with van der Waals surface area (Å²) in [4.78, 5) is 12.6. The molecule has 0 atom stereocenters. The Bertz CT molecular complexity index is 1240. The molecule has 5 nitrogen and oxygen atoms in total. The molecule has 1 N–H and O–H groups in total. The minimum absolute atomic E-state index is 0.0294. The maximum Gasteiger partial charge on any atom is 0.265 e. The van der Waals surface area contributed by atoms with Crippen LogP contribution in [-0.2, 0) is 10.0 Å². The fourth-order valence-corrected chi connectivity index (χ4v) is 5.33. The molecule has 3 aromatic carbocycles. The summed E-state index contributed by atoms with van der Waals surface area (Å²) in [5.74, 6) is -1.21. The number of aryl methyl sites for hydroxylation is 1.